The molecule has 0 aromatic heterocycles. The molecule has 2 rings (SSSR count). The fourth-order valence-corrected chi connectivity index (χ4v) is 2.31. The Morgan fingerprint density at radius 3 is 2.84 bits per heavy atom. The van der Waals surface area contributed by atoms with E-state index in [2.05, 4.69) is 5.32 Å². The summed E-state index contributed by atoms with van der Waals surface area (Å²) in [5, 5.41) is 12.4. The monoisotopic (exact) mass is 264 g/mol. The Hall–Kier alpha value is -2.08. The summed E-state index contributed by atoms with van der Waals surface area (Å²) < 4.78 is 0. The summed E-state index contributed by atoms with van der Waals surface area (Å²) in [5.41, 5.74) is 2.49. The lowest BCUT2D eigenvalue weighted by atomic mass is 10.0. The van der Waals surface area contributed by atoms with E-state index in [1.54, 1.807) is 25.2 Å². The molecule has 1 aromatic rings. The van der Waals surface area contributed by atoms with Crippen molar-refractivity contribution in [2.45, 2.75) is 18.9 Å². The van der Waals surface area contributed by atoms with Gasteiger partial charge in [-0.25, -0.2) is 9.86 Å². The molecular weight excluding hydrogens is 248 g/mol. The lowest BCUT2D eigenvalue weighted by molar-refractivity contribution is -0.0757. The maximum absolute atomic E-state index is 11.9. The Morgan fingerprint density at radius 2 is 2.21 bits per heavy atom. The molecule has 1 aliphatic rings. The van der Waals surface area contributed by atoms with E-state index in [0.717, 1.165) is 29.0 Å². The molecule has 1 aromatic carbocycles. The molecule has 1 unspecified atom stereocenters. The molecule has 1 aliphatic carbocycles. The van der Waals surface area contributed by atoms with Crippen LogP contribution in [0.1, 0.15) is 33.9 Å². The zero-order valence-electron chi connectivity index (χ0n) is 10.8. The molecule has 102 valence electrons. The molecule has 2 N–H and O–H groups in total. The van der Waals surface area contributed by atoms with Gasteiger partial charge in [0.15, 0.2) is 0 Å². The first kappa shape index (κ1) is 13.4. The number of carbonyl (C=O) groups is 2. The van der Waals surface area contributed by atoms with Gasteiger partial charge in [-0.3, -0.25) is 9.63 Å². The second kappa shape index (κ2) is 5.27. The Bertz CT molecular complexity index is 515. The molecule has 0 spiro atoms. The van der Waals surface area contributed by atoms with Gasteiger partial charge in [-0.1, -0.05) is 6.07 Å². The normalized spacial score (nSPS) is 16.8. The third-order valence-electron chi connectivity index (χ3n) is 3.33. The second-order valence-electron chi connectivity index (χ2n) is 4.44. The fraction of sp³-hybridized carbons (Fsp3) is 0.385. The van der Waals surface area contributed by atoms with Gasteiger partial charge in [-0.15, -0.1) is 0 Å². The van der Waals surface area contributed by atoms with Gasteiger partial charge in [0, 0.05) is 12.6 Å². The van der Waals surface area contributed by atoms with Crippen LogP contribution in [-0.4, -0.2) is 36.3 Å². The molecule has 0 bridgehead atoms. The number of amides is 2. The van der Waals surface area contributed by atoms with Gasteiger partial charge in [0.05, 0.1) is 13.2 Å². The highest BCUT2D eigenvalue weighted by Gasteiger charge is 2.25. The van der Waals surface area contributed by atoms with Gasteiger partial charge in [0.1, 0.15) is 0 Å². The number of fused-ring (bicyclic) bond motifs is 1. The highest BCUT2D eigenvalue weighted by atomic mass is 16.7. The number of hydroxylamine groups is 2. The molecule has 2 amide bonds. The fourth-order valence-electron chi connectivity index (χ4n) is 2.31. The zero-order chi connectivity index (χ0) is 14.0. The first-order chi connectivity index (χ1) is 9.02. The van der Waals surface area contributed by atoms with Crippen molar-refractivity contribution in [2.75, 3.05) is 14.2 Å². The average molecular weight is 264 g/mol. The first-order valence-corrected chi connectivity index (χ1v) is 5.97. The number of aryl methyl sites for hydroxylation is 1. The van der Waals surface area contributed by atoms with Crippen LogP contribution >= 0.6 is 0 Å². The van der Waals surface area contributed by atoms with E-state index >= 15 is 0 Å². The standard InChI is InChI=1S/C13H16N2O4/c1-15(19-2)12(16)9-3-5-10-8(7-9)4-6-11(10)14-13(17)18/h3,5,7,11,14H,4,6H2,1-2H3,(H,17,18). The van der Waals surface area contributed by atoms with E-state index in [-0.39, 0.29) is 11.9 Å². The molecule has 0 saturated carbocycles. The minimum Gasteiger partial charge on any atom is -0.465 e. The highest BCUT2D eigenvalue weighted by molar-refractivity contribution is 5.93. The van der Waals surface area contributed by atoms with Crippen LogP contribution in [0.25, 0.3) is 0 Å². The Morgan fingerprint density at radius 1 is 1.47 bits per heavy atom. The molecule has 0 aliphatic heterocycles. The van der Waals surface area contributed by atoms with E-state index in [0.29, 0.717) is 5.56 Å². The summed E-state index contributed by atoms with van der Waals surface area (Å²) in [6.07, 6.45) is 0.453. The topological polar surface area (TPSA) is 78.9 Å². The van der Waals surface area contributed by atoms with Crippen LogP contribution in [0.5, 0.6) is 0 Å². The van der Waals surface area contributed by atoms with Crippen LogP contribution in [0.15, 0.2) is 18.2 Å². The number of hydrogen-bond acceptors (Lipinski definition) is 3. The summed E-state index contributed by atoms with van der Waals surface area (Å²) in [5.74, 6) is -0.222. The predicted octanol–water partition coefficient (Wildman–Crippen LogP) is 1.57. The number of nitrogens with one attached hydrogen (secondary N) is 1. The first-order valence-electron chi connectivity index (χ1n) is 5.97. The zero-order valence-corrected chi connectivity index (χ0v) is 10.8. The van der Waals surface area contributed by atoms with E-state index in [1.807, 2.05) is 0 Å². The molecule has 0 heterocycles. The molecular formula is C13H16N2O4. The van der Waals surface area contributed by atoms with Gasteiger partial charge >= 0.3 is 6.09 Å². The number of hydrogen-bond donors (Lipinski definition) is 2. The SMILES string of the molecule is CON(C)C(=O)c1ccc2c(c1)CCC2NC(=O)O. The van der Waals surface area contributed by atoms with Crippen molar-refractivity contribution in [1.82, 2.24) is 10.4 Å². The maximum atomic E-state index is 11.9. The van der Waals surface area contributed by atoms with Gasteiger partial charge in [-0.05, 0) is 36.1 Å². The van der Waals surface area contributed by atoms with Gasteiger partial charge in [0.25, 0.3) is 5.91 Å². The highest BCUT2D eigenvalue weighted by Crippen LogP contribution is 2.31. The van der Waals surface area contributed by atoms with Crippen molar-refractivity contribution in [1.29, 1.82) is 0 Å². The largest absolute Gasteiger partial charge is 0.465 e. The molecule has 6 nitrogen and oxygen atoms in total. The van der Waals surface area contributed by atoms with Crippen LogP contribution in [0.2, 0.25) is 0 Å². The summed E-state index contributed by atoms with van der Waals surface area (Å²) >= 11 is 0. The van der Waals surface area contributed by atoms with Crippen LogP contribution in [0.3, 0.4) is 0 Å². The van der Waals surface area contributed by atoms with Crippen molar-refractivity contribution in [3.63, 3.8) is 0 Å². The van der Waals surface area contributed by atoms with E-state index in [4.69, 9.17) is 9.94 Å². The Kier molecular flexibility index (Phi) is 3.71. The summed E-state index contributed by atoms with van der Waals surface area (Å²) in [6, 6.07) is 5.12. The lowest BCUT2D eigenvalue weighted by Gasteiger charge is -2.15. The van der Waals surface area contributed by atoms with Crippen molar-refractivity contribution < 1.29 is 19.5 Å². The quantitative estimate of drug-likeness (QED) is 0.812. The molecule has 6 heteroatoms. The van der Waals surface area contributed by atoms with Gasteiger partial charge < -0.3 is 10.4 Å². The summed E-state index contributed by atoms with van der Waals surface area (Å²) in [6.45, 7) is 0. The van der Waals surface area contributed by atoms with Gasteiger partial charge in [0.2, 0.25) is 0 Å². The summed E-state index contributed by atoms with van der Waals surface area (Å²) in [4.78, 5) is 27.5. The van der Waals surface area contributed by atoms with Crippen molar-refractivity contribution in [2.24, 2.45) is 0 Å². The third-order valence-corrected chi connectivity index (χ3v) is 3.33. The lowest BCUT2D eigenvalue weighted by Crippen LogP contribution is -2.26. The molecule has 0 fully saturated rings. The predicted molar refractivity (Wildman–Crippen MR) is 67.8 cm³/mol. The average Bonchev–Trinajstić information content (AvgIpc) is 2.78. The molecule has 0 saturated heterocycles. The number of carbonyl (C=O) groups excluding carboxylic acids is 1. The molecule has 1 atom stereocenters. The molecule has 0 radical (unpaired) electrons. The minimum absolute atomic E-state index is 0.184. The van der Waals surface area contributed by atoms with Crippen LogP contribution in [-0.2, 0) is 11.3 Å². The van der Waals surface area contributed by atoms with Crippen molar-refractivity contribution >= 4 is 12.0 Å². The van der Waals surface area contributed by atoms with E-state index in [9.17, 15) is 9.59 Å². The van der Waals surface area contributed by atoms with Crippen molar-refractivity contribution in [3.8, 4) is 0 Å². The second-order valence-corrected chi connectivity index (χ2v) is 4.44. The maximum Gasteiger partial charge on any atom is 0.405 e. The minimum atomic E-state index is -1.03. The number of carboxylic acid groups (broad SMARTS) is 1. The Labute approximate surface area is 110 Å². The van der Waals surface area contributed by atoms with Crippen molar-refractivity contribution in [3.05, 3.63) is 34.9 Å². The van der Waals surface area contributed by atoms with Gasteiger partial charge in [-0.2, -0.15) is 0 Å². The van der Waals surface area contributed by atoms with E-state index < -0.39 is 6.09 Å². The smallest absolute Gasteiger partial charge is 0.405 e. The van der Waals surface area contributed by atoms with E-state index in [1.165, 1.54) is 7.11 Å². The third kappa shape index (κ3) is 2.68. The van der Waals surface area contributed by atoms with Crippen LogP contribution < -0.4 is 5.32 Å². The number of benzene rings is 1. The Balaban J connectivity index is 2.22. The molecule has 19 heavy (non-hydrogen) atoms. The van der Waals surface area contributed by atoms with Crippen LogP contribution in [0, 0.1) is 0 Å². The van der Waals surface area contributed by atoms with Crippen LogP contribution in [0.4, 0.5) is 4.79 Å². The number of nitrogens with zero attached hydrogens (tertiary/aromatic N) is 1. The summed E-state index contributed by atoms with van der Waals surface area (Å²) in [7, 11) is 2.97. The number of rotatable bonds is 3.